The number of phosphoric acid groups is 3. The molecule has 0 aliphatic carbocycles. The second-order valence-corrected chi connectivity index (χ2v) is 10.9. The lowest BCUT2D eigenvalue weighted by Crippen LogP contribution is -2.42. The zero-order chi connectivity index (χ0) is 24.0. The van der Waals surface area contributed by atoms with Crippen LogP contribution in [0.4, 0.5) is 4.39 Å². The van der Waals surface area contributed by atoms with Crippen LogP contribution in [-0.4, -0.2) is 64.0 Å². The van der Waals surface area contributed by atoms with Gasteiger partial charge in [-0.05, 0) is 19.1 Å². The summed E-state index contributed by atoms with van der Waals surface area (Å²) in [4.78, 5) is 49.1. The number of aliphatic hydroxyl groups excluding tert-OH is 2. The Bertz CT molecular complexity index is 1100. The van der Waals surface area contributed by atoms with Crippen molar-refractivity contribution >= 4 is 35.7 Å². The molecule has 0 aromatic carbocycles. The Hall–Kier alpha value is -0.680. The molecule has 1 aliphatic rings. The van der Waals surface area contributed by atoms with E-state index >= 15 is 0 Å². The molecule has 2 heterocycles. The van der Waals surface area contributed by atoms with Crippen molar-refractivity contribution in [3.05, 3.63) is 26.9 Å². The lowest BCUT2D eigenvalue weighted by Gasteiger charge is -2.24. The fourth-order valence-electron chi connectivity index (χ4n) is 2.34. The third-order valence-electron chi connectivity index (χ3n) is 3.63. The molecule has 31 heavy (non-hydrogen) atoms. The molecular formula is C10H16FN2O14P3S. The number of nitrogens with zero attached hydrogens (tertiary/aromatic N) is 1. The molecule has 1 aromatic rings. The molecule has 2 unspecified atom stereocenters. The third kappa shape index (κ3) is 6.66. The molecule has 1 fully saturated rings. The summed E-state index contributed by atoms with van der Waals surface area (Å²) in [5.74, 6) is -3.41. The standard InChI is InChI=1S/C10H16FN2O14P3S/c1-4-2-13(9(31)12-7(4)16)8-5(14)6(15)10(11,25-8)3-24-29(20,21)27-30(22,23)26-28(17,18)19/h2,5-6,8,14-15H,3H2,1H3,(H,20,21)(H,22,23)(H,12,16,31)(H2,17,18,19)/t5-,6+,8-,10-/m1/s1. The van der Waals surface area contributed by atoms with Crippen molar-refractivity contribution in [3.8, 4) is 0 Å². The average Bonchev–Trinajstić information content (AvgIpc) is 2.78. The van der Waals surface area contributed by atoms with Crippen molar-refractivity contribution in [2.75, 3.05) is 6.61 Å². The zero-order valence-corrected chi connectivity index (χ0v) is 18.5. The van der Waals surface area contributed by atoms with Gasteiger partial charge in [0, 0.05) is 11.8 Å². The van der Waals surface area contributed by atoms with E-state index in [0.29, 0.717) is 0 Å². The third-order valence-corrected chi connectivity index (χ3v) is 7.73. The molecule has 1 aliphatic heterocycles. The van der Waals surface area contributed by atoms with Gasteiger partial charge in [0.2, 0.25) is 0 Å². The van der Waals surface area contributed by atoms with Gasteiger partial charge in [0.05, 0.1) is 0 Å². The van der Waals surface area contributed by atoms with Crippen LogP contribution in [0.1, 0.15) is 11.8 Å². The van der Waals surface area contributed by atoms with Gasteiger partial charge in [-0.25, -0.2) is 18.1 Å². The molecule has 0 spiro atoms. The van der Waals surface area contributed by atoms with E-state index in [1.54, 1.807) is 0 Å². The Morgan fingerprint density at radius 1 is 1.23 bits per heavy atom. The maximum absolute atomic E-state index is 15.0. The molecule has 7 N–H and O–H groups in total. The van der Waals surface area contributed by atoms with Crippen LogP contribution < -0.4 is 5.56 Å². The Balaban J connectivity index is 2.18. The molecule has 21 heteroatoms. The number of nitrogens with one attached hydrogen (secondary N) is 1. The summed E-state index contributed by atoms with van der Waals surface area (Å²) >= 11 is 4.87. The maximum atomic E-state index is 15.0. The molecule has 178 valence electrons. The highest BCUT2D eigenvalue weighted by Crippen LogP contribution is 2.66. The number of aromatic amines is 1. The fraction of sp³-hybridized carbons (Fsp3) is 0.600. The largest absolute Gasteiger partial charge is 0.490 e. The van der Waals surface area contributed by atoms with E-state index in [9.17, 15) is 38.0 Å². The van der Waals surface area contributed by atoms with Crippen molar-refractivity contribution in [1.82, 2.24) is 9.55 Å². The van der Waals surface area contributed by atoms with Gasteiger partial charge in [0.1, 0.15) is 18.8 Å². The van der Waals surface area contributed by atoms with Gasteiger partial charge in [0.15, 0.2) is 11.0 Å². The molecule has 0 bridgehead atoms. The van der Waals surface area contributed by atoms with Crippen molar-refractivity contribution in [1.29, 1.82) is 0 Å². The predicted molar refractivity (Wildman–Crippen MR) is 96.4 cm³/mol. The quantitative estimate of drug-likeness (QED) is 0.164. The molecular weight excluding hydrogens is 516 g/mol. The van der Waals surface area contributed by atoms with E-state index < -0.39 is 59.9 Å². The smallest absolute Gasteiger partial charge is 0.385 e. The molecule has 6 atom stereocenters. The number of rotatable bonds is 8. The zero-order valence-electron chi connectivity index (χ0n) is 15.0. The highest BCUT2D eigenvalue weighted by Gasteiger charge is 2.57. The monoisotopic (exact) mass is 532 g/mol. The number of alkyl halides is 1. The topological polar surface area (TPSA) is 247 Å². The minimum atomic E-state index is -5.85. The van der Waals surface area contributed by atoms with Crippen LogP contribution in [0.3, 0.4) is 0 Å². The first-order valence-electron chi connectivity index (χ1n) is 7.69. The van der Waals surface area contributed by atoms with E-state index in [4.69, 9.17) is 31.6 Å². The van der Waals surface area contributed by atoms with Crippen LogP contribution in [0.2, 0.25) is 0 Å². The summed E-state index contributed by atoms with van der Waals surface area (Å²) in [7, 11) is -17.2. The van der Waals surface area contributed by atoms with Crippen LogP contribution in [-0.2, 0) is 31.6 Å². The fourth-order valence-corrected chi connectivity index (χ4v) is 5.62. The van der Waals surface area contributed by atoms with E-state index in [2.05, 4.69) is 18.1 Å². The number of aryl methyl sites for hydroxylation is 1. The normalized spacial score (nSPS) is 30.6. The van der Waals surface area contributed by atoms with Crippen LogP contribution in [0, 0.1) is 11.7 Å². The van der Waals surface area contributed by atoms with Gasteiger partial charge in [0.25, 0.3) is 11.4 Å². The number of H-pyrrole nitrogens is 1. The number of aliphatic hydroxyl groups is 2. The SMILES string of the molecule is Cc1cn([C@@H]2O[C@](F)(COP(=O)(O)OP(=O)(O)OP(=O)(O)O)[C@@H](O)[C@H]2O)c(=S)[nH]c1=O. The van der Waals surface area contributed by atoms with Crippen molar-refractivity contribution in [2.24, 2.45) is 0 Å². The highest BCUT2D eigenvalue weighted by atomic mass is 32.1. The van der Waals surface area contributed by atoms with E-state index in [0.717, 1.165) is 10.8 Å². The lowest BCUT2D eigenvalue weighted by molar-refractivity contribution is -0.204. The van der Waals surface area contributed by atoms with E-state index in [-0.39, 0.29) is 10.3 Å². The Kier molecular flexibility index (Phi) is 7.65. The van der Waals surface area contributed by atoms with E-state index in [1.807, 2.05) is 0 Å². The number of phosphoric ester groups is 1. The van der Waals surface area contributed by atoms with Gasteiger partial charge >= 0.3 is 23.5 Å². The van der Waals surface area contributed by atoms with Crippen LogP contribution in [0.5, 0.6) is 0 Å². The Morgan fingerprint density at radius 3 is 2.35 bits per heavy atom. The highest BCUT2D eigenvalue weighted by molar-refractivity contribution is 7.71. The summed E-state index contributed by atoms with van der Waals surface area (Å²) in [5.41, 5.74) is -0.517. The van der Waals surface area contributed by atoms with Crippen LogP contribution in [0.15, 0.2) is 11.0 Å². The average molecular weight is 532 g/mol. The summed E-state index contributed by atoms with van der Waals surface area (Å²) in [5, 5.41) is 20.0. The molecule has 2 rings (SSSR count). The van der Waals surface area contributed by atoms with Crippen molar-refractivity contribution in [2.45, 2.75) is 31.2 Å². The summed E-state index contributed by atoms with van der Waals surface area (Å²) in [6.07, 6.45) is -5.12. The number of ether oxygens (including phenoxy) is 1. The number of aromatic nitrogens is 2. The minimum Gasteiger partial charge on any atom is -0.385 e. The van der Waals surface area contributed by atoms with Crippen molar-refractivity contribution < 1.29 is 65.8 Å². The predicted octanol–water partition coefficient (Wildman–Crippen LogP) is -0.526. The molecule has 1 aromatic heterocycles. The van der Waals surface area contributed by atoms with Gasteiger partial charge in [-0.2, -0.15) is 8.62 Å². The number of hydrogen-bond acceptors (Lipinski definition) is 11. The summed E-state index contributed by atoms with van der Waals surface area (Å²) in [6.45, 7) is -0.332. The number of hydrogen-bond donors (Lipinski definition) is 7. The molecule has 16 nitrogen and oxygen atoms in total. The van der Waals surface area contributed by atoms with Gasteiger partial charge < -0.3 is 34.5 Å². The summed E-state index contributed by atoms with van der Waals surface area (Å²) < 4.78 is 64.9. The second-order valence-electron chi connectivity index (χ2n) is 6.07. The molecule has 0 radical (unpaired) electrons. The molecule has 0 saturated carbocycles. The van der Waals surface area contributed by atoms with Crippen LogP contribution in [0.25, 0.3) is 0 Å². The first kappa shape index (κ1) is 26.6. The Labute approximate surface area is 176 Å². The molecule has 0 amide bonds. The van der Waals surface area contributed by atoms with Gasteiger partial charge in [-0.1, -0.05) is 0 Å². The first-order valence-corrected chi connectivity index (χ1v) is 12.6. The second kappa shape index (κ2) is 8.93. The van der Waals surface area contributed by atoms with Crippen LogP contribution >= 0.6 is 35.7 Å². The first-order chi connectivity index (χ1) is 13.9. The van der Waals surface area contributed by atoms with Gasteiger partial charge in [-0.15, -0.1) is 0 Å². The summed E-state index contributed by atoms with van der Waals surface area (Å²) in [6, 6.07) is 0. The van der Waals surface area contributed by atoms with E-state index in [1.165, 1.54) is 6.92 Å². The minimum absolute atomic E-state index is 0.0727. The lowest BCUT2D eigenvalue weighted by atomic mass is 10.1. The van der Waals surface area contributed by atoms with Gasteiger partial charge in [-0.3, -0.25) is 18.9 Å². The Morgan fingerprint density at radius 2 is 1.81 bits per heavy atom. The maximum Gasteiger partial charge on any atom is 0.490 e. The number of halogens is 1. The molecule has 1 saturated heterocycles. The van der Waals surface area contributed by atoms with Crippen molar-refractivity contribution in [3.63, 3.8) is 0 Å².